The molecule has 0 spiro atoms. The van der Waals surface area contributed by atoms with Crippen molar-refractivity contribution in [3.05, 3.63) is 29.3 Å². The maximum atomic E-state index is 11.6. The van der Waals surface area contributed by atoms with Gasteiger partial charge in [-0.15, -0.1) is 0 Å². The topological polar surface area (TPSA) is 84.2 Å². The van der Waals surface area contributed by atoms with Crippen molar-refractivity contribution in [3.63, 3.8) is 0 Å². The Kier molecular flexibility index (Phi) is 3.88. The van der Waals surface area contributed by atoms with E-state index in [1.54, 1.807) is 12.1 Å². The number of rotatable bonds is 4. The molecule has 0 aromatic heterocycles. The summed E-state index contributed by atoms with van der Waals surface area (Å²) in [5.41, 5.74) is 7.26. The van der Waals surface area contributed by atoms with E-state index < -0.39 is 5.91 Å². The Labute approximate surface area is 94.0 Å². The van der Waals surface area contributed by atoms with Crippen LogP contribution in [0.5, 0.6) is 0 Å². The molecule has 5 heteroatoms. The van der Waals surface area contributed by atoms with E-state index in [-0.39, 0.29) is 12.5 Å². The quantitative estimate of drug-likeness (QED) is 0.681. The van der Waals surface area contributed by atoms with Gasteiger partial charge in [0.05, 0.1) is 6.54 Å². The summed E-state index contributed by atoms with van der Waals surface area (Å²) in [6.07, 6.45) is 0. The first-order valence-electron chi connectivity index (χ1n) is 4.89. The number of nitrogens with one attached hydrogen (secondary N) is 2. The molecule has 0 aliphatic heterocycles. The molecule has 0 unspecified atom stereocenters. The van der Waals surface area contributed by atoms with Crippen LogP contribution in [0.25, 0.3) is 0 Å². The molecule has 1 rings (SSSR count). The summed E-state index contributed by atoms with van der Waals surface area (Å²) in [5.74, 6) is -0.850. The van der Waals surface area contributed by atoms with Crippen molar-refractivity contribution in [3.8, 4) is 0 Å². The lowest BCUT2D eigenvalue weighted by Crippen LogP contribution is -2.33. The lowest BCUT2D eigenvalue weighted by Gasteiger charge is -2.08. The molecule has 2 amide bonds. The van der Waals surface area contributed by atoms with Gasteiger partial charge in [0.1, 0.15) is 0 Å². The average molecular weight is 221 g/mol. The average Bonchev–Trinajstić information content (AvgIpc) is 2.25. The van der Waals surface area contributed by atoms with Gasteiger partial charge in [-0.3, -0.25) is 9.59 Å². The number of primary amides is 1. The van der Waals surface area contributed by atoms with E-state index in [2.05, 4.69) is 10.6 Å². The van der Waals surface area contributed by atoms with Gasteiger partial charge < -0.3 is 16.4 Å². The van der Waals surface area contributed by atoms with Gasteiger partial charge in [-0.25, -0.2) is 0 Å². The molecule has 0 aliphatic rings. The van der Waals surface area contributed by atoms with Crippen molar-refractivity contribution in [2.24, 2.45) is 5.73 Å². The number of benzene rings is 1. The van der Waals surface area contributed by atoms with Crippen LogP contribution in [0, 0.1) is 6.92 Å². The van der Waals surface area contributed by atoms with E-state index in [1.165, 1.54) is 0 Å². The van der Waals surface area contributed by atoms with Crippen LogP contribution in [0.4, 0.5) is 5.69 Å². The second-order valence-corrected chi connectivity index (χ2v) is 3.43. The van der Waals surface area contributed by atoms with Gasteiger partial charge in [-0.1, -0.05) is 0 Å². The highest BCUT2D eigenvalue weighted by atomic mass is 16.2. The first-order valence-corrected chi connectivity index (χ1v) is 4.89. The molecule has 0 atom stereocenters. The largest absolute Gasteiger partial charge is 0.388 e. The van der Waals surface area contributed by atoms with E-state index >= 15 is 0 Å². The highest BCUT2D eigenvalue weighted by molar-refractivity contribution is 5.97. The summed E-state index contributed by atoms with van der Waals surface area (Å²) in [6.45, 7) is 1.69. The number of anilines is 1. The summed E-state index contributed by atoms with van der Waals surface area (Å²) in [5, 5.41) is 5.42. The number of aryl methyl sites for hydroxylation is 1. The summed E-state index contributed by atoms with van der Waals surface area (Å²) >= 11 is 0. The molecule has 0 fully saturated rings. The first-order chi connectivity index (χ1) is 7.54. The molecule has 86 valence electrons. The minimum Gasteiger partial charge on any atom is -0.388 e. The van der Waals surface area contributed by atoms with Crippen LogP contribution >= 0.6 is 0 Å². The van der Waals surface area contributed by atoms with Crippen molar-refractivity contribution in [1.82, 2.24) is 5.32 Å². The van der Waals surface area contributed by atoms with Gasteiger partial charge in [-0.05, 0) is 30.7 Å². The van der Waals surface area contributed by atoms with Crippen molar-refractivity contribution in [1.29, 1.82) is 0 Å². The van der Waals surface area contributed by atoms with Crippen LogP contribution in [0.3, 0.4) is 0 Å². The summed E-state index contributed by atoms with van der Waals surface area (Å²) in [4.78, 5) is 22.1. The fourth-order valence-electron chi connectivity index (χ4n) is 1.34. The predicted molar refractivity (Wildman–Crippen MR) is 62.3 cm³/mol. The van der Waals surface area contributed by atoms with Crippen LogP contribution in [-0.2, 0) is 4.79 Å². The fraction of sp³-hybridized carbons (Fsp3) is 0.273. The summed E-state index contributed by atoms with van der Waals surface area (Å²) in [7, 11) is 1.81. The molecule has 0 heterocycles. The number of hydrogen-bond donors (Lipinski definition) is 3. The summed E-state index contributed by atoms with van der Waals surface area (Å²) < 4.78 is 0. The third-order valence-corrected chi connectivity index (χ3v) is 2.18. The molecule has 0 aliphatic carbocycles. The highest BCUT2D eigenvalue weighted by Crippen LogP contribution is 2.14. The van der Waals surface area contributed by atoms with Gasteiger partial charge >= 0.3 is 0 Å². The van der Waals surface area contributed by atoms with Crippen LogP contribution < -0.4 is 16.4 Å². The maximum absolute atomic E-state index is 11.6. The fourth-order valence-corrected chi connectivity index (χ4v) is 1.34. The van der Waals surface area contributed by atoms with Crippen LogP contribution in [0.2, 0.25) is 0 Å². The zero-order valence-corrected chi connectivity index (χ0v) is 9.33. The van der Waals surface area contributed by atoms with Crippen molar-refractivity contribution in [2.45, 2.75) is 6.92 Å². The molecular weight excluding hydrogens is 206 g/mol. The Bertz CT molecular complexity index is 416. The molecule has 16 heavy (non-hydrogen) atoms. The van der Waals surface area contributed by atoms with Gasteiger partial charge in [0.2, 0.25) is 5.91 Å². The number of carbonyl (C=O) groups excluding carboxylic acids is 2. The van der Waals surface area contributed by atoms with E-state index in [1.807, 2.05) is 20.0 Å². The molecule has 0 saturated heterocycles. The van der Waals surface area contributed by atoms with E-state index in [0.717, 1.165) is 11.3 Å². The summed E-state index contributed by atoms with van der Waals surface area (Å²) in [6, 6.07) is 5.36. The van der Waals surface area contributed by atoms with Crippen molar-refractivity contribution < 1.29 is 9.59 Å². The molecular formula is C11H15N3O2. The number of nitrogens with two attached hydrogens (primary N) is 1. The van der Waals surface area contributed by atoms with E-state index in [4.69, 9.17) is 5.73 Å². The predicted octanol–water partition coefficient (Wildman–Crippen LogP) is 0.252. The van der Waals surface area contributed by atoms with Crippen LogP contribution in [-0.4, -0.2) is 25.4 Å². The van der Waals surface area contributed by atoms with E-state index in [9.17, 15) is 9.59 Å². The molecule has 4 N–H and O–H groups in total. The normalized spacial score (nSPS) is 9.62. The van der Waals surface area contributed by atoms with E-state index in [0.29, 0.717) is 5.56 Å². The molecule has 0 radical (unpaired) electrons. The molecule has 1 aromatic rings. The van der Waals surface area contributed by atoms with Crippen LogP contribution in [0.1, 0.15) is 15.9 Å². The standard InChI is InChI=1S/C11H15N3O2/c1-7-5-8(13-2)3-4-9(7)11(16)14-6-10(12)15/h3-5,13H,6H2,1-2H3,(H2,12,15)(H,14,16). The lowest BCUT2D eigenvalue weighted by atomic mass is 10.1. The Morgan fingerprint density at radius 1 is 1.38 bits per heavy atom. The van der Waals surface area contributed by atoms with Gasteiger partial charge in [-0.2, -0.15) is 0 Å². The SMILES string of the molecule is CNc1ccc(C(=O)NCC(N)=O)c(C)c1. The maximum Gasteiger partial charge on any atom is 0.251 e. The second-order valence-electron chi connectivity index (χ2n) is 3.43. The highest BCUT2D eigenvalue weighted by Gasteiger charge is 2.09. The monoisotopic (exact) mass is 221 g/mol. The number of hydrogen-bond acceptors (Lipinski definition) is 3. The second kappa shape index (κ2) is 5.16. The molecule has 5 nitrogen and oxygen atoms in total. The lowest BCUT2D eigenvalue weighted by molar-refractivity contribution is -0.117. The Morgan fingerprint density at radius 3 is 2.56 bits per heavy atom. The zero-order valence-electron chi connectivity index (χ0n) is 9.33. The first kappa shape index (κ1) is 12.0. The Morgan fingerprint density at radius 2 is 2.06 bits per heavy atom. The zero-order chi connectivity index (χ0) is 12.1. The molecule has 0 bridgehead atoms. The van der Waals surface area contributed by atoms with Crippen molar-refractivity contribution >= 4 is 17.5 Å². The number of amides is 2. The van der Waals surface area contributed by atoms with Crippen LogP contribution in [0.15, 0.2) is 18.2 Å². The van der Waals surface area contributed by atoms with Crippen molar-refractivity contribution in [2.75, 3.05) is 18.9 Å². The Hall–Kier alpha value is -2.04. The third kappa shape index (κ3) is 2.98. The smallest absolute Gasteiger partial charge is 0.251 e. The Balaban J connectivity index is 2.79. The minimum atomic E-state index is -0.558. The minimum absolute atomic E-state index is 0.147. The van der Waals surface area contributed by atoms with Gasteiger partial charge in [0.15, 0.2) is 0 Å². The number of carbonyl (C=O) groups is 2. The molecule has 0 saturated carbocycles. The van der Waals surface area contributed by atoms with Gasteiger partial charge in [0, 0.05) is 18.3 Å². The third-order valence-electron chi connectivity index (χ3n) is 2.18. The molecule has 1 aromatic carbocycles. The van der Waals surface area contributed by atoms with Gasteiger partial charge in [0.25, 0.3) is 5.91 Å².